The average Bonchev–Trinajstić information content (AvgIpc) is 2.24. The van der Waals surface area contributed by atoms with Crippen molar-refractivity contribution in [2.24, 2.45) is 0 Å². The highest BCUT2D eigenvalue weighted by atomic mass is 16.5. The van der Waals surface area contributed by atoms with E-state index in [1.54, 1.807) is 6.92 Å². The molecule has 0 aliphatic heterocycles. The molecule has 0 bridgehead atoms. The molecule has 2 N–H and O–H groups in total. The molecule has 0 aliphatic carbocycles. The van der Waals surface area contributed by atoms with Gasteiger partial charge < -0.3 is 19.7 Å². The third-order valence-corrected chi connectivity index (χ3v) is 2.22. The first-order valence-electron chi connectivity index (χ1n) is 6.12. The van der Waals surface area contributed by atoms with Crippen molar-refractivity contribution in [2.45, 2.75) is 58.3 Å². The molecule has 0 aromatic carbocycles. The minimum atomic E-state index is -0.443. The predicted octanol–water partition coefficient (Wildman–Crippen LogP) is 1.34. The zero-order valence-corrected chi connectivity index (χ0v) is 10.7. The average molecular weight is 234 g/mol. The van der Waals surface area contributed by atoms with Gasteiger partial charge in [0.25, 0.3) is 0 Å². The van der Waals surface area contributed by atoms with Crippen LogP contribution in [0.25, 0.3) is 0 Å². The van der Waals surface area contributed by atoms with Gasteiger partial charge in [0.15, 0.2) is 0 Å². The van der Waals surface area contributed by atoms with Gasteiger partial charge in [-0.2, -0.15) is 0 Å². The van der Waals surface area contributed by atoms with Gasteiger partial charge in [-0.3, -0.25) is 0 Å². The van der Waals surface area contributed by atoms with Crippen LogP contribution in [0.1, 0.15) is 40.0 Å². The van der Waals surface area contributed by atoms with Crippen LogP contribution in [-0.4, -0.2) is 48.3 Å². The minimum Gasteiger partial charge on any atom is -0.394 e. The highest BCUT2D eigenvalue weighted by Gasteiger charge is 2.13. The Kier molecular flexibility index (Phi) is 9.92. The molecule has 0 heterocycles. The van der Waals surface area contributed by atoms with E-state index in [0.29, 0.717) is 13.2 Å². The van der Waals surface area contributed by atoms with Crippen LogP contribution < -0.4 is 0 Å². The van der Waals surface area contributed by atoms with Gasteiger partial charge in [0.1, 0.15) is 0 Å². The monoisotopic (exact) mass is 234 g/mol. The fraction of sp³-hybridized carbons (Fsp3) is 1.00. The SMILES string of the molecule is CCCCC(COCC(C)O)OC(C)CO. The molecule has 16 heavy (non-hydrogen) atoms. The van der Waals surface area contributed by atoms with Crippen LogP contribution in [0.3, 0.4) is 0 Å². The van der Waals surface area contributed by atoms with Crippen LogP contribution in [0.15, 0.2) is 0 Å². The van der Waals surface area contributed by atoms with E-state index in [2.05, 4.69) is 6.92 Å². The maximum atomic E-state index is 9.06. The van der Waals surface area contributed by atoms with Gasteiger partial charge in [0, 0.05) is 0 Å². The highest BCUT2D eigenvalue weighted by molar-refractivity contribution is 4.60. The molecule has 0 aliphatic rings. The summed E-state index contributed by atoms with van der Waals surface area (Å²) in [5, 5.41) is 18.0. The zero-order chi connectivity index (χ0) is 12.4. The summed E-state index contributed by atoms with van der Waals surface area (Å²) >= 11 is 0. The van der Waals surface area contributed by atoms with Crippen LogP contribution in [0, 0.1) is 0 Å². The van der Waals surface area contributed by atoms with E-state index < -0.39 is 6.10 Å². The summed E-state index contributed by atoms with van der Waals surface area (Å²) in [4.78, 5) is 0. The smallest absolute Gasteiger partial charge is 0.0813 e. The van der Waals surface area contributed by atoms with Gasteiger partial charge in [-0.05, 0) is 20.3 Å². The molecule has 0 radical (unpaired) electrons. The van der Waals surface area contributed by atoms with Crippen molar-refractivity contribution in [3.63, 3.8) is 0 Å². The molecule has 0 rings (SSSR count). The zero-order valence-electron chi connectivity index (χ0n) is 10.7. The van der Waals surface area contributed by atoms with Gasteiger partial charge in [-0.15, -0.1) is 0 Å². The largest absolute Gasteiger partial charge is 0.394 e. The standard InChI is InChI=1S/C12H26O4/c1-4-5-6-12(16-11(3)7-13)9-15-8-10(2)14/h10-14H,4-9H2,1-3H3. The van der Waals surface area contributed by atoms with Crippen molar-refractivity contribution in [3.8, 4) is 0 Å². The van der Waals surface area contributed by atoms with E-state index in [4.69, 9.17) is 19.7 Å². The molecule has 4 nitrogen and oxygen atoms in total. The second-order valence-electron chi connectivity index (χ2n) is 4.28. The maximum absolute atomic E-state index is 9.06. The van der Waals surface area contributed by atoms with E-state index in [9.17, 15) is 0 Å². The van der Waals surface area contributed by atoms with Gasteiger partial charge in [-0.25, -0.2) is 0 Å². The van der Waals surface area contributed by atoms with Crippen molar-refractivity contribution >= 4 is 0 Å². The number of unbranched alkanes of at least 4 members (excludes halogenated alkanes) is 1. The van der Waals surface area contributed by atoms with Gasteiger partial charge in [0.05, 0.1) is 38.1 Å². The third kappa shape index (κ3) is 9.09. The van der Waals surface area contributed by atoms with Crippen LogP contribution in [-0.2, 0) is 9.47 Å². The Morgan fingerprint density at radius 3 is 2.38 bits per heavy atom. The van der Waals surface area contributed by atoms with Gasteiger partial charge in [0.2, 0.25) is 0 Å². The molecular weight excluding hydrogens is 208 g/mol. The summed E-state index contributed by atoms with van der Waals surface area (Å²) in [7, 11) is 0. The molecule has 0 saturated heterocycles. The molecule has 0 amide bonds. The van der Waals surface area contributed by atoms with E-state index in [1.807, 2.05) is 6.92 Å². The van der Waals surface area contributed by atoms with Crippen molar-refractivity contribution in [1.82, 2.24) is 0 Å². The molecule has 0 spiro atoms. The van der Waals surface area contributed by atoms with Crippen molar-refractivity contribution in [1.29, 1.82) is 0 Å². The van der Waals surface area contributed by atoms with Crippen LogP contribution >= 0.6 is 0 Å². The predicted molar refractivity (Wildman–Crippen MR) is 63.4 cm³/mol. The number of aliphatic hydroxyl groups excluding tert-OH is 2. The van der Waals surface area contributed by atoms with Crippen molar-refractivity contribution in [2.75, 3.05) is 19.8 Å². The maximum Gasteiger partial charge on any atom is 0.0813 e. The molecule has 0 aromatic rings. The Morgan fingerprint density at radius 1 is 1.19 bits per heavy atom. The topological polar surface area (TPSA) is 58.9 Å². The fourth-order valence-electron chi connectivity index (χ4n) is 1.36. The molecule has 3 atom stereocenters. The van der Waals surface area contributed by atoms with E-state index >= 15 is 0 Å². The second kappa shape index (κ2) is 10.0. The van der Waals surface area contributed by atoms with Crippen LogP contribution in [0.5, 0.6) is 0 Å². The number of rotatable bonds is 10. The first kappa shape index (κ1) is 15.8. The van der Waals surface area contributed by atoms with E-state index in [0.717, 1.165) is 19.3 Å². The summed E-state index contributed by atoms with van der Waals surface area (Å²) in [5.74, 6) is 0. The first-order chi connectivity index (χ1) is 7.60. The van der Waals surface area contributed by atoms with Crippen molar-refractivity contribution in [3.05, 3.63) is 0 Å². The Bertz CT molecular complexity index is 150. The summed E-state index contributed by atoms with van der Waals surface area (Å²) < 4.78 is 11.0. The third-order valence-electron chi connectivity index (χ3n) is 2.22. The van der Waals surface area contributed by atoms with Crippen LogP contribution in [0.4, 0.5) is 0 Å². The lowest BCUT2D eigenvalue weighted by Crippen LogP contribution is -2.28. The molecule has 98 valence electrons. The minimum absolute atomic E-state index is 0.0147. The number of ether oxygens (including phenoxy) is 2. The molecular formula is C12H26O4. The summed E-state index contributed by atoms with van der Waals surface area (Å²) in [6.45, 7) is 6.50. The first-order valence-corrected chi connectivity index (χ1v) is 6.12. The molecule has 0 saturated carbocycles. The Balaban J connectivity index is 3.80. The fourth-order valence-corrected chi connectivity index (χ4v) is 1.36. The Labute approximate surface area is 98.6 Å². The van der Waals surface area contributed by atoms with Crippen molar-refractivity contribution < 1.29 is 19.7 Å². The normalized spacial score (nSPS) is 17.1. The summed E-state index contributed by atoms with van der Waals surface area (Å²) in [6, 6.07) is 0. The Morgan fingerprint density at radius 2 is 1.88 bits per heavy atom. The lowest BCUT2D eigenvalue weighted by atomic mass is 10.1. The quantitative estimate of drug-likeness (QED) is 0.599. The molecule has 4 heteroatoms. The van der Waals surface area contributed by atoms with Gasteiger partial charge in [-0.1, -0.05) is 19.8 Å². The highest BCUT2D eigenvalue weighted by Crippen LogP contribution is 2.08. The van der Waals surface area contributed by atoms with Crippen LogP contribution in [0.2, 0.25) is 0 Å². The summed E-state index contributed by atoms with van der Waals surface area (Å²) in [6.07, 6.45) is 2.55. The van der Waals surface area contributed by atoms with Gasteiger partial charge >= 0.3 is 0 Å². The van der Waals surface area contributed by atoms with E-state index in [-0.39, 0.29) is 18.8 Å². The summed E-state index contributed by atoms with van der Waals surface area (Å²) in [5.41, 5.74) is 0. The lowest BCUT2D eigenvalue weighted by molar-refractivity contribution is -0.0789. The number of hydrogen-bond acceptors (Lipinski definition) is 4. The van der Waals surface area contributed by atoms with E-state index in [1.165, 1.54) is 0 Å². The lowest BCUT2D eigenvalue weighted by Gasteiger charge is -2.21. The molecule has 0 fully saturated rings. The number of aliphatic hydroxyl groups is 2. The number of hydrogen-bond donors (Lipinski definition) is 2. The molecule has 0 aromatic heterocycles. The second-order valence-corrected chi connectivity index (χ2v) is 4.28. The Hall–Kier alpha value is -0.160. The molecule has 3 unspecified atom stereocenters.